The maximum absolute atomic E-state index is 13.8. The Balaban J connectivity index is 2.32. The van der Waals surface area contributed by atoms with Gasteiger partial charge in [0.1, 0.15) is 23.1 Å². The number of halogens is 1. The monoisotopic (exact) mass is 235 g/mol. The molecular formula is C13H14FNO2. The van der Waals surface area contributed by atoms with Crippen LogP contribution in [-0.4, -0.2) is 14.2 Å². The van der Waals surface area contributed by atoms with Gasteiger partial charge in [-0.1, -0.05) is 0 Å². The van der Waals surface area contributed by atoms with E-state index >= 15 is 0 Å². The molecule has 0 saturated carbocycles. The summed E-state index contributed by atoms with van der Waals surface area (Å²) in [5, 5.41) is 2.97. The smallest absolute Gasteiger partial charge is 0.137 e. The zero-order chi connectivity index (χ0) is 12.3. The summed E-state index contributed by atoms with van der Waals surface area (Å²) in [5.41, 5.74) is 0.438. The van der Waals surface area contributed by atoms with Crippen molar-refractivity contribution in [3.8, 4) is 17.1 Å². The fourth-order valence-electron chi connectivity index (χ4n) is 1.61. The average molecular weight is 235 g/mol. The van der Waals surface area contributed by atoms with E-state index in [1.165, 1.54) is 13.2 Å². The lowest BCUT2D eigenvalue weighted by atomic mass is 10.1. The summed E-state index contributed by atoms with van der Waals surface area (Å²) in [5.74, 6) is 1.44. The Morgan fingerprint density at radius 2 is 2.12 bits per heavy atom. The summed E-state index contributed by atoms with van der Waals surface area (Å²) in [6, 6.07) is 8.29. The van der Waals surface area contributed by atoms with E-state index < -0.39 is 0 Å². The lowest BCUT2D eigenvalue weighted by Gasteiger charge is -2.03. The molecule has 0 saturated heterocycles. The highest BCUT2D eigenvalue weighted by atomic mass is 19.1. The molecule has 4 heteroatoms. The third kappa shape index (κ3) is 2.47. The first-order valence-corrected chi connectivity index (χ1v) is 5.32. The SMILES string of the molecule is CNCc1ccc(-c2ccc(OC)cc2F)o1. The van der Waals surface area contributed by atoms with Crippen molar-refractivity contribution < 1.29 is 13.5 Å². The lowest BCUT2D eigenvalue weighted by Crippen LogP contribution is -2.03. The van der Waals surface area contributed by atoms with E-state index in [4.69, 9.17) is 9.15 Å². The molecule has 3 nitrogen and oxygen atoms in total. The van der Waals surface area contributed by atoms with Crippen molar-refractivity contribution in [3.05, 3.63) is 41.9 Å². The second-order valence-corrected chi connectivity index (χ2v) is 3.64. The zero-order valence-corrected chi connectivity index (χ0v) is 9.79. The van der Waals surface area contributed by atoms with Crippen molar-refractivity contribution in [3.63, 3.8) is 0 Å². The predicted octanol–water partition coefficient (Wildman–Crippen LogP) is 2.81. The number of ether oxygens (including phenoxy) is 1. The van der Waals surface area contributed by atoms with Gasteiger partial charge in [0.15, 0.2) is 0 Å². The molecule has 2 rings (SSSR count). The molecule has 1 N–H and O–H groups in total. The van der Waals surface area contributed by atoms with Crippen molar-refractivity contribution in [2.75, 3.05) is 14.2 Å². The van der Waals surface area contributed by atoms with Crippen LogP contribution < -0.4 is 10.1 Å². The van der Waals surface area contributed by atoms with Gasteiger partial charge in [0.2, 0.25) is 0 Å². The van der Waals surface area contributed by atoms with Crippen molar-refractivity contribution in [2.45, 2.75) is 6.54 Å². The van der Waals surface area contributed by atoms with Gasteiger partial charge in [0.25, 0.3) is 0 Å². The molecule has 0 bridgehead atoms. The highest BCUT2D eigenvalue weighted by Gasteiger charge is 2.10. The minimum absolute atomic E-state index is 0.352. The summed E-state index contributed by atoms with van der Waals surface area (Å²) in [6.07, 6.45) is 0. The molecule has 17 heavy (non-hydrogen) atoms. The van der Waals surface area contributed by atoms with Gasteiger partial charge in [-0.15, -0.1) is 0 Å². The van der Waals surface area contributed by atoms with Crippen LogP contribution in [0.15, 0.2) is 34.7 Å². The minimum atomic E-state index is -0.352. The number of hydrogen-bond donors (Lipinski definition) is 1. The van der Waals surface area contributed by atoms with Crippen LogP contribution in [0, 0.1) is 5.82 Å². The minimum Gasteiger partial charge on any atom is -0.497 e. The summed E-state index contributed by atoms with van der Waals surface area (Å²) < 4.78 is 24.2. The van der Waals surface area contributed by atoms with Crippen LogP contribution in [0.5, 0.6) is 5.75 Å². The Morgan fingerprint density at radius 3 is 2.76 bits per heavy atom. The summed E-state index contributed by atoms with van der Waals surface area (Å²) in [4.78, 5) is 0. The molecule has 1 heterocycles. The average Bonchev–Trinajstić information content (AvgIpc) is 2.78. The Morgan fingerprint density at radius 1 is 1.29 bits per heavy atom. The lowest BCUT2D eigenvalue weighted by molar-refractivity contribution is 0.411. The van der Waals surface area contributed by atoms with E-state index in [1.54, 1.807) is 18.2 Å². The van der Waals surface area contributed by atoms with E-state index in [0.717, 1.165) is 5.76 Å². The van der Waals surface area contributed by atoms with E-state index in [-0.39, 0.29) is 5.82 Å². The molecular weight excluding hydrogens is 221 g/mol. The van der Waals surface area contributed by atoms with Gasteiger partial charge in [0, 0.05) is 6.07 Å². The van der Waals surface area contributed by atoms with Gasteiger partial charge in [-0.25, -0.2) is 4.39 Å². The van der Waals surface area contributed by atoms with Crippen LogP contribution in [-0.2, 0) is 6.54 Å². The summed E-state index contributed by atoms with van der Waals surface area (Å²) in [7, 11) is 3.34. The van der Waals surface area contributed by atoms with Gasteiger partial charge in [-0.05, 0) is 31.3 Å². The number of hydrogen-bond acceptors (Lipinski definition) is 3. The number of methoxy groups -OCH3 is 1. The van der Waals surface area contributed by atoms with Crippen LogP contribution in [0.2, 0.25) is 0 Å². The van der Waals surface area contributed by atoms with Crippen molar-refractivity contribution in [1.82, 2.24) is 5.32 Å². The number of rotatable bonds is 4. The normalized spacial score (nSPS) is 10.5. The van der Waals surface area contributed by atoms with E-state index in [0.29, 0.717) is 23.6 Å². The third-order valence-corrected chi connectivity index (χ3v) is 2.45. The molecule has 1 aromatic carbocycles. The maximum atomic E-state index is 13.8. The first-order valence-electron chi connectivity index (χ1n) is 5.32. The topological polar surface area (TPSA) is 34.4 Å². The molecule has 0 unspecified atom stereocenters. The first-order chi connectivity index (χ1) is 8.24. The Labute approximate surface area is 99.2 Å². The molecule has 0 aliphatic rings. The van der Waals surface area contributed by atoms with E-state index in [9.17, 15) is 4.39 Å². The molecule has 0 fully saturated rings. The maximum Gasteiger partial charge on any atom is 0.137 e. The van der Waals surface area contributed by atoms with Crippen LogP contribution in [0.1, 0.15) is 5.76 Å². The van der Waals surface area contributed by atoms with Gasteiger partial charge in [-0.3, -0.25) is 0 Å². The Bertz CT molecular complexity index is 508. The molecule has 0 spiro atoms. The van der Waals surface area contributed by atoms with Crippen LogP contribution in [0.4, 0.5) is 4.39 Å². The summed E-state index contributed by atoms with van der Waals surface area (Å²) >= 11 is 0. The van der Waals surface area contributed by atoms with E-state index in [2.05, 4.69) is 5.32 Å². The fourth-order valence-corrected chi connectivity index (χ4v) is 1.61. The molecule has 1 aromatic heterocycles. The molecule has 0 aliphatic carbocycles. The predicted molar refractivity (Wildman–Crippen MR) is 63.4 cm³/mol. The van der Waals surface area contributed by atoms with Gasteiger partial charge in [-0.2, -0.15) is 0 Å². The second kappa shape index (κ2) is 5.01. The van der Waals surface area contributed by atoms with Gasteiger partial charge >= 0.3 is 0 Å². The molecule has 0 aliphatic heterocycles. The standard InChI is InChI=1S/C13H14FNO2/c1-15-8-10-4-6-13(17-10)11-5-3-9(16-2)7-12(11)14/h3-7,15H,8H2,1-2H3. The Kier molecular flexibility index (Phi) is 3.44. The molecule has 2 aromatic rings. The highest BCUT2D eigenvalue weighted by Crippen LogP contribution is 2.27. The van der Waals surface area contributed by atoms with Gasteiger partial charge in [0.05, 0.1) is 19.2 Å². The van der Waals surface area contributed by atoms with Crippen molar-refractivity contribution in [1.29, 1.82) is 0 Å². The van der Waals surface area contributed by atoms with Gasteiger partial charge < -0.3 is 14.5 Å². The Hall–Kier alpha value is -1.81. The molecule has 90 valence electrons. The fraction of sp³-hybridized carbons (Fsp3) is 0.231. The summed E-state index contributed by atoms with van der Waals surface area (Å²) in [6.45, 7) is 0.623. The van der Waals surface area contributed by atoms with E-state index in [1.807, 2.05) is 13.1 Å². The van der Waals surface area contributed by atoms with Crippen molar-refractivity contribution >= 4 is 0 Å². The van der Waals surface area contributed by atoms with Crippen LogP contribution >= 0.6 is 0 Å². The van der Waals surface area contributed by atoms with Crippen LogP contribution in [0.3, 0.4) is 0 Å². The largest absolute Gasteiger partial charge is 0.497 e. The number of benzene rings is 1. The quantitative estimate of drug-likeness (QED) is 0.884. The van der Waals surface area contributed by atoms with Crippen molar-refractivity contribution in [2.24, 2.45) is 0 Å². The second-order valence-electron chi connectivity index (χ2n) is 3.64. The molecule has 0 atom stereocenters. The number of nitrogens with one attached hydrogen (secondary N) is 1. The first kappa shape index (κ1) is 11.7. The highest BCUT2D eigenvalue weighted by molar-refractivity contribution is 5.59. The van der Waals surface area contributed by atoms with Crippen LogP contribution in [0.25, 0.3) is 11.3 Å². The zero-order valence-electron chi connectivity index (χ0n) is 9.79. The molecule has 0 radical (unpaired) electrons. The molecule has 0 amide bonds. The number of furan rings is 1. The third-order valence-electron chi connectivity index (χ3n) is 2.45.